The molecule has 0 fully saturated rings. The highest BCUT2D eigenvalue weighted by Crippen LogP contribution is 2.33. The van der Waals surface area contributed by atoms with Crippen LogP contribution in [0.25, 0.3) is 11.1 Å². The quantitative estimate of drug-likeness (QED) is 0.477. The molecular formula is C25H27N3O3S. The van der Waals surface area contributed by atoms with E-state index in [4.69, 9.17) is 9.72 Å². The van der Waals surface area contributed by atoms with E-state index in [-0.39, 0.29) is 5.41 Å². The van der Waals surface area contributed by atoms with E-state index in [1.165, 1.54) is 0 Å². The summed E-state index contributed by atoms with van der Waals surface area (Å²) in [6.07, 6.45) is -0.763. The summed E-state index contributed by atoms with van der Waals surface area (Å²) >= 11 is 1.63. The molecule has 0 atom stereocenters. The van der Waals surface area contributed by atoms with Crippen LogP contribution in [0.1, 0.15) is 41.9 Å². The van der Waals surface area contributed by atoms with Gasteiger partial charge in [0.25, 0.3) is 0 Å². The van der Waals surface area contributed by atoms with Crippen molar-refractivity contribution in [1.82, 2.24) is 9.88 Å². The van der Waals surface area contributed by atoms with E-state index in [0.29, 0.717) is 25.2 Å². The molecule has 32 heavy (non-hydrogen) atoms. The number of hydrogen-bond donors (Lipinski definition) is 1. The molecule has 2 aromatic carbocycles. The molecule has 2 amide bonds. The Kier molecular flexibility index (Phi) is 6.02. The van der Waals surface area contributed by atoms with Gasteiger partial charge in [-0.25, -0.2) is 14.6 Å². The molecule has 0 unspecified atom stereocenters. The Morgan fingerprint density at radius 1 is 1.09 bits per heavy atom. The molecule has 166 valence electrons. The monoisotopic (exact) mass is 449 g/mol. The standard InChI is InChI=1S/C25H27N3O3S/c1-16-18(17-9-6-5-7-10-17)11-8-12-19(16)27-23(29)31-24(30)28-14-13-20-21(15-28)32-22(26-20)25(2,3)4/h5-12H,13-15H2,1-4H3,(H,27,29). The van der Waals surface area contributed by atoms with Crippen molar-refractivity contribution in [1.29, 1.82) is 0 Å². The maximum Gasteiger partial charge on any atom is 0.420 e. The van der Waals surface area contributed by atoms with Crippen molar-refractivity contribution >= 4 is 29.2 Å². The molecule has 0 saturated carbocycles. The smallest absolute Gasteiger partial charge is 0.359 e. The summed E-state index contributed by atoms with van der Waals surface area (Å²) in [5.41, 5.74) is 4.60. The van der Waals surface area contributed by atoms with E-state index in [1.54, 1.807) is 22.3 Å². The van der Waals surface area contributed by atoms with Gasteiger partial charge in [-0.3, -0.25) is 5.32 Å². The Morgan fingerprint density at radius 3 is 2.56 bits per heavy atom. The van der Waals surface area contributed by atoms with Crippen LogP contribution in [0.5, 0.6) is 0 Å². The van der Waals surface area contributed by atoms with E-state index in [9.17, 15) is 9.59 Å². The maximum absolute atomic E-state index is 12.6. The molecule has 1 aliphatic rings. The second kappa shape index (κ2) is 8.74. The van der Waals surface area contributed by atoms with Gasteiger partial charge in [0, 0.05) is 28.9 Å². The van der Waals surface area contributed by atoms with Crippen molar-refractivity contribution in [3.8, 4) is 11.1 Å². The lowest BCUT2D eigenvalue weighted by Gasteiger charge is -2.24. The number of aromatic nitrogens is 1. The number of rotatable bonds is 2. The summed E-state index contributed by atoms with van der Waals surface area (Å²) in [6, 6.07) is 15.6. The number of carbonyl (C=O) groups is 2. The fourth-order valence-corrected chi connectivity index (χ4v) is 4.83. The Morgan fingerprint density at radius 2 is 1.84 bits per heavy atom. The van der Waals surface area contributed by atoms with E-state index in [1.807, 2.05) is 49.4 Å². The van der Waals surface area contributed by atoms with E-state index in [2.05, 4.69) is 26.1 Å². The van der Waals surface area contributed by atoms with Gasteiger partial charge in [0.15, 0.2) is 0 Å². The fourth-order valence-electron chi connectivity index (χ4n) is 3.65. The minimum Gasteiger partial charge on any atom is -0.359 e. The van der Waals surface area contributed by atoms with Crippen LogP contribution < -0.4 is 5.32 Å². The zero-order chi connectivity index (χ0) is 22.9. The highest BCUT2D eigenvalue weighted by Gasteiger charge is 2.29. The third-order valence-corrected chi connectivity index (χ3v) is 6.97. The van der Waals surface area contributed by atoms with Crippen molar-refractivity contribution in [2.24, 2.45) is 0 Å². The van der Waals surface area contributed by atoms with Gasteiger partial charge < -0.3 is 9.64 Å². The number of thiazole rings is 1. The first-order valence-corrected chi connectivity index (χ1v) is 11.5. The molecule has 0 spiro atoms. The third-order valence-electron chi connectivity index (χ3n) is 5.47. The van der Waals surface area contributed by atoms with Gasteiger partial charge in [0.1, 0.15) is 0 Å². The van der Waals surface area contributed by atoms with Crippen LogP contribution in [0.3, 0.4) is 0 Å². The van der Waals surface area contributed by atoms with Crippen LogP contribution in [-0.4, -0.2) is 28.6 Å². The minimum atomic E-state index is -0.784. The van der Waals surface area contributed by atoms with Gasteiger partial charge in [0.2, 0.25) is 0 Å². The molecule has 4 rings (SSSR count). The van der Waals surface area contributed by atoms with Crippen molar-refractivity contribution in [3.63, 3.8) is 0 Å². The average molecular weight is 450 g/mol. The molecule has 1 N–H and O–H groups in total. The molecule has 0 bridgehead atoms. The highest BCUT2D eigenvalue weighted by molar-refractivity contribution is 7.11. The van der Waals surface area contributed by atoms with Crippen LogP contribution in [0, 0.1) is 6.92 Å². The molecule has 0 radical (unpaired) electrons. The van der Waals surface area contributed by atoms with Crippen molar-refractivity contribution < 1.29 is 14.3 Å². The number of anilines is 1. The van der Waals surface area contributed by atoms with Gasteiger partial charge >= 0.3 is 12.2 Å². The molecule has 6 nitrogen and oxygen atoms in total. The lowest BCUT2D eigenvalue weighted by atomic mass is 9.98. The van der Waals surface area contributed by atoms with Gasteiger partial charge in [-0.2, -0.15) is 0 Å². The van der Waals surface area contributed by atoms with Crippen molar-refractivity contribution in [2.75, 3.05) is 11.9 Å². The Labute approximate surface area is 192 Å². The fraction of sp³-hybridized carbons (Fsp3) is 0.320. The van der Waals surface area contributed by atoms with E-state index >= 15 is 0 Å². The minimum absolute atomic E-state index is 0.0284. The van der Waals surface area contributed by atoms with Gasteiger partial charge in [-0.15, -0.1) is 11.3 Å². The third kappa shape index (κ3) is 4.67. The molecule has 0 aliphatic carbocycles. The number of carbonyl (C=O) groups excluding carboxylic acids is 2. The molecular weight excluding hydrogens is 422 g/mol. The second-order valence-electron chi connectivity index (χ2n) is 8.94. The van der Waals surface area contributed by atoms with Crippen LogP contribution in [0.15, 0.2) is 48.5 Å². The predicted molar refractivity (Wildman–Crippen MR) is 127 cm³/mol. The van der Waals surface area contributed by atoms with Gasteiger partial charge in [0.05, 0.1) is 17.2 Å². The summed E-state index contributed by atoms with van der Waals surface area (Å²) in [5.74, 6) is 0. The van der Waals surface area contributed by atoms with Crippen LogP contribution in [-0.2, 0) is 23.1 Å². The largest absolute Gasteiger partial charge is 0.420 e. The zero-order valence-corrected chi connectivity index (χ0v) is 19.6. The Balaban J connectivity index is 1.41. The number of amides is 2. The summed E-state index contributed by atoms with van der Waals surface area (Å²) in [7, 11) is 0. The lowest BCUT2D eigenvalue weighted by Crippen LogP contribution is -2.37. The molecule has 3 aromatic rings. The lowest BCUT2D eigenvalue weighted by molar-refractivity contribution is 0.120. The maximum atomic E-state index is 12.6. The van der Waals surface area contributed by atoms with Crippen molar-refractivity contribution in [3.05, 3.63) is 69.7 Å². The first kappa shape index (κ1) is 22.0. The number of benzene rings is 2. The van der Waals surface area contributed by atoms with E-state index < -0.39 is 12.2 Å². The average Bonchev–Trinajstić information content (AvgIpc) is 3.20. The zero-order valence-electron chi connectivity index (χ0n) is 18.8. The first-order valence-electron chi connectivity index (χ1n) is 10.6. The van der Waals surface area contributed by atoms with Crippen LogP contribution in [0.4, 0.5) is 15.3 Å². The number of hydrogen-bond acceptors (Lipinski definition) is 5. The summed E-state index contributed by atoms with van der Waals surface area (Å²) < 4.78 is 5.10. The Bertz CT molecular complexity index is 1150. The van der Waals surface area contributed by atoms with Gasteiger partial charge in [-0.05, 0) is 29.7 Å². The molecule has 1 aromatic heterocycles. The topological polar surface area (TPSA) is 71.5 Å². The van der Waals surface area contributed by atoms with Crippen LogP contribution >= 0.6 is 11.3 Å². The molecule has 2 heterocycles. The van der Waals surface area contributed by atoms with Gasteiger partial charge in [-0.1, -0.05) is 63.2 Å². The normalized spacial score (nSPS) is 13.4. The van der Waals surface area contributed by atoms with Crippen molar-refractivity contribution in [2.45, 2.75) is 46.1 Å². The van der Waals surface area contributed by atoms with Crippen LogP contribution in [0.2, 0.25) is 0 Å². The summed E-state index contributed by atoms with van der Waals surface area (Å²) in [4.78, 5) is 32.4. The Hall–Kier alpha value is -3.19. The summed E-state index contributed by atoms with van der Waals surface area (Å²) in [5, 5.41) is 3.77. The number of fused-ring (bicyclic) bond motifs is 1. The number of nitrogens with one attached hydrogen (secondary N) is 1. The molecule has 1 aliphatic heterocycles. The van der Waals surface area contributed by atoms with E-state index in [0.717, 1.165) is 32.3 Å². The number of ether oxygens (including phenoxy) is 1. The molecule has 7 heteroatoms. The predicted octanol–water partition coefficient (Wildman–Crippen LogP) is 6.14. The highest BCUT2D eigenvalue weighted by atomic mass is 32.1. The SMILES string of the molecule is Cc1c(NC(=O)OC(=O)N2CCc3nc(C(C)(C)C)sc3C2)cccc1-c1ccccc1. The number of nitrogens with zero attached hydrogens (tertiary/aromatic N) is 2. The second-order valence-corrected chi connectivity index (χ2v) is 10.0. The summed E-state index contributed by atoms with van der Waals surface area (Å²) in [6.45, 7) is 9.21. The molecule has 0 saturated heterocycles. The first-order chi connectivity index (χ1) is 15.2.